The fourth-order valence-electron chi connectivity index (χ4n) is 3.76. The van der Waals surface area contributed by atoms with Crippen molar-refractivity contribution in [2.24, 2.45) is 0 Å². The molecule has 7 heteroatoms. The van der Waals surface area contributed by atoms with Gasteiger partial charge in [0.05, 0.1) is 19.3 Å². The summed E-state index contributed by atoms with van der Waals surface area (Å²) in [5, 5.41) is 11.1. The van der Waals surface area contributed by atoms with Gasteiger partial charge in [0.25, 0.3) is 0 Å². The van der Waals surface area contributed by atoms with E-state index < -0.39 is 5.60 Å². The van der Waals surface area contributed by atoms with Crippen LogP contribution in [0.4, 0.5) is 5.82 Å². The quantitative estimate of drug-likeness (QED) is 0.612. The molecule has 1 N–H and O–H groups in total. The summed E-state index contributed by atoms with van der Waals surface area (Å²) in [5.41, 5.74) is 0.347. The SMILES string of the molecule is COCCOc1cc(CN(C)C[C@@]2(O)CCN(c3ccccn3)C2)ccc1OC. The van der Waals surface area contributed by atoms with Crippen LogP contribution in [0.2, 0.25) is 0 Å². The Morgan fingerprint density at radius 2 is 2.03 bits per heavy atom. The summed E-state index contributed by atoms with van der Waals surface area (Å²) in [4.78, 5) is 8.68. The Morgan fingerprint density at radius 1 is 1.17 bits per heavy atom. The minimum Gasteiger partial charge on any atom is -0.493 e. The van der Waals surface area contributed by atoms with Crippen LogP contribution in [0.25, 0.3) is 0 Å². The summed E-state index contributed by atoms with van der Waals surface area (Å²) in [5.74, 6) is 2.32. The molecule has 0 aliphatic carbocycles. The van der Waals surface area contributed by atoms with Gasteiger partial charge in [-0.1, -0.05) is 12.1 Å². The normalized spacial score (nSPS) is 19.0. The molecule has 1 aliphatic rings. The van der Waals surface area contributed by atoms with E-state index in [2.05, 4.69) is 14.8 Å². The molecule has 0 saturated carbocycles. The summed E-state index contributed by atoms with van der Waals surface area (Å²) >= 11 is 0. The zero-order chi connectivity index (χ0) is 20.7. The first-order valence-corrected chi connectivity index (χ1v) is 9.88. The molecule has 1 aliphatic heterocycles. The second-order valence-corrected chi connectivity index (χ2v) is 7.58. The predicted octanol–water partition coefficient (Wildman–Crippen LogP) is 2.19. The predicted molar refractivity (Wildman–Crippen MR) is 113 cm³/mol. The van der Waals surface area contributed by atoms with Crippen LogP contribution in [0.3, 0.4) is 0 Å². The van der Waals surface area contributed by atoms with Crippen LogP contribution in [-0.2, 0) is 11.3 Å². The second kappa shape index (κ2) is 9.91. The lowest BCUT2D eigenvalue weighted by Gasteiger charge is -2.29. The lowest BCUT2D eigenvalue weighted by molar-refractivity contribution is 0.0279. The number of nitrogens with zero attached hydrogens (tertiary/aromatic N) is 3. The third-order valence-electron chi connectivity index (χ3n) is 5.10. The van der Waals surface area contributed by atoms with Crippen molar-refractivity contribution >= 4 is 5.82 Å². The number of hydrogen-bond donors (Lipinski definition) is 1. The molecular weight excluding hydrogens is 370 g/mol. The number of ether oxygens (including phenoxy) is 3. The molecule has 2 heterocycles. The van der Waals surface area contributed by atoms with Crippen molar-refractivity contribution in [3.05, 3.63) is 48.2 Å². The number of β-amino-alcohol motifs (C(OH)–C–C–N with tert-alkyl or cyclic N) is 1. The zero-order valence-corrected chi connectivity index (χ0v) is 17.5. The monoisotopic (exact) mass is 401 g/mol. The van der Waals surface area contributed by atoms with E-state index in [0.29, 0.717) is 44.3 Å². The number of methoxy groups -OCH3 is 2. The maximum Gasteiger partial charge on any atom is 0.161 e. The van der Waals surface area contributed by atoms with Crippen molar-refractivity contribution in [1.82, 2.24) is 9.88 Å². The highest BCUT2D eigenvalue weighted by Gasteiger charge is 2.37. The smallest absolute Gasteiger partial charge is 0.161 e. The average molecular weight is 402 g/mol. The lowest BCUT2D eigenvalue weighted by Crippen LogP contribution is -2.43. The van der Waals surface area contributed by atoms with Crippen LogP contribution in [0.5, 0.6) is 11.5 Å². The van der Waals surface area contributed by atoms with E-state index in [1.165, 1.54) is 0 Å². The lowest BCUT2D eigenvalue weighted by atomic mass is 10.0. The number of rotatable bonds is 10. The van der Waals surface area contributed by atoms with Gasteiger partial charge in [0.1, 0.15) is 12.4 Å². The average Bonchev–Trinajstić information content (AvgIpc) is 3.10. The number of hydrogen-bond acceptors (Lipinski definition) is 7. The zero-order valence-electron chi connectivity index (χ0n) is 17.5. The van der Waals surface area contributed by atoms with E-state index >= 15 is 0 Å². The van der Waals surface area contributed by atoms with E-state index in [1.807, 2.05) is 43.4 Å². The van der Waals surface area contributed by atoms with Gasteiger partial charge < -0.3 is 24.2 Å². The van der Waals surface area contributed by atoms with E-state index in [-0.39, 0.29) is 0 Å². The maximum atomic E-state index is 11.1. The third kappa shape index (κ3) is 5.82. The molecule has 3 rings (SSSR count). The van der Waals surface area contributed by atoms with Gasteiger partial charge in [-0.05, 0) is 43.3 Å². The van der Waals surface area contributed by atoms with Gasteiger partial charge >= 0.3 is 0 Å². The molecule has 1 fully saturated rings. The van der Waals surface area contributed by atoms with Crippen molar-refractivity contribution in [1.29, 1.82) is 0 Å². The van der Waals surface area contributed by atoms with E-state index in [9.17, 15) is 5.11 Å². The molecule has 0 amide bonds. The van der Waals surface area contributed by atoms with Gasteiger partial charge in [-0.3, -0.25) is 4.90 Å². The van der Waals surface area contributed by atoms with Gasteiger partial charge in [-0.25, -0.2) is 4.98 Å². The van der Waals surface area contributed by atoms with Gasteiger partial charge in [-0.15, -0.1) is 0 Å². The summed E-state index contributed by atoms with van der Waals surface area (Å²) in [6.45, 7) is 3.67. The van der Waals surface area contributed by atoms with Crippen molar-refractivity contribution in [3.63, 3.8) is 0 Å². The highest BCUT2D eigenvalue weighted by atomic mass is 16.5. The van der Waals surface area contributed by atoms with E-state index in [4.69, 9.17) is 14.2 Å². The fraction of sp³-hybridized carbons (Fsp3) is 0.500. The molecule has 1 aromatic heterocycles. The molecule has 0 unspecified atom stereocenters. The minimum atomic E-state index is -0.753. The van der Waals surface area contributed by atoms with Crippen molar-refractivity contribution < 1.29 is 19.3 Å². The summed E-state index contributed by atoms with van der Waals surface area (Å²) in [6.07, 6.45) is 2.51. The number of aromatic nitrogens is 1. The molecule has 0 spiro atoms. The van der Waals surface area contributed by atoms with E-state index in [1.54, 1.807) is 20.4 Å². The van der Waals surface area contributed by atoms with Crippen LogP contribution in [0.1, 0.15) is 12.0 Å². The first kappa shape index (κ1) is 21.4. The summed E-state index contributed by atoms with van der Waals surface area (Å²) < 4.78 is 16.2. The van der Waals surface area contributed by atoms with Crippen molar-refractivity contribution in [2.75, 3.05) is 59.0 Å². The van der Waals surface area contributed by atoms with Gasteiger partial charge in [-0.2, -0.15) is 0 Å². The molecule has 0 bridgehead atoms. The fourth-order valence-corrected chi connectivity index (χ4v) is 3.76. The van der Waals surface area contributed by atoms with Crippen LogP contribution < -0.4 is 14.4 Å². The van der Waals surface area contributed by atoms with Crippen LogP contribution in [0, 0.1) is 0 Å². The molecule has 2 aromatic rings. The Balaban J connectivity index is 1.58. The van der Waals surface area contributed by atoms with Crippen LogP contribution in [-0.4, -0.2) is 74.7 Å². The maximum absolute atomic E-state index is 11.1. The molecule has 7 nitrogen and oxygen atoms in total. The first-order chi connectivity index (χ1) is 14.0. The van der Waals surface area contributed by atoms with E-state index in [0.717, 1.165) is 24.3 Å². The minimum absolute atomic E-state index is 0.468. The highest BCUT2D eigenvalue weighted by Crippen LogP contribution is 2.30. The number of likely N-dealkylation sites (N-methyl/N-ethyl adjacent to an activating group) is 1. The summed E-state index contributed by atoms with van der Waals surface area (Å²) in [6, 6.07) is 11.8. The summed E-state index contributed by atoms with van der Waals surface area (Å²) in [7, 11) is 5.30. The number of benzene rings is 1. The molecule has 1 aromatic carbocycles. The number of pyridine rings is 1. The third-order valence-corrected chi connectivity index (χ3v) is 5.10. The molecule has 0 radical (unpaired) electrons. The Hall–Kier alpha value is -2.35. The Kier molecular flexibility index (Phi) is 7.30. The van der Waals surface area contributed by atoms with Gasteiger partial charge in [0, 0.05) is 39.5 Å². The molecule has 158 valence electrons. The van der Waals surface area contributed by atoms with Crippen molar-refractivity contribution in [2.45, 2.75) is 18.6 Å². The van der Waals surface area contributed by atoms with Crippen LogP contribution in [0.15, 0.2) is 42.6 Å². The Labute approximate surface area is 172 Å². The standard InChI is InChI=1S/C22H31N3O4/c1-24(15-18-7-8-19(28-3)20(14-18)29-13-12-27-2)16-22(26)9-11-25(17-22)21-6-4-5-10-23-21/h4-8,10,14,26H,9,11-13,15-17H2,1-3H3/t22-/m0/s1. The number of anilines is 1. The second-order valence-electron chi connectivity index (χ2n) is 7.58. The molecule has 1 saturated heterocycles. The topological polar surface area (TPSA) is 67.3 Å². The Bertz CT molecular complexity index is 774. The number of aliphatic hydroxyl groups is 1. The van der Waals surface area contributed by atoms with Crippen molar-refractivity contribution in [3.8, 4) is 11.5 Å². The highest BCUT2D eigenvalue weighted by molar-refractivity contribution is 5.43. The first-order valence-electron chi connectivity index (χ1n) is 9.88. The molecule has 29 heavy (non-hydrogen) atoms. The van der Waals surface area contributed by atoms with Gasteiger partial charge in [0.2, 0.25) is 0 Å². The largest absolute Gasteiger partial charge is 0.493 e. The van der Waals surface area contributed by atoms with Crippen LogP contribution >= 0.6 is 0 Å². The Morgan fingerprint density at radius 3 is 2.76 bits per heavy atom. The van der Waals surface area contributed by atoms with Gasteiger partial charge in [0.15, 0.2) is 11.5 Å². The molecular formula is C22H31N3O4. The molecule has 1 atom stereocenters.